The largest absolute Gasteiger partial charge is 0.271 e. The van der Waals surface area contributed by atoms with Gasteiger partial charge in [-0.1, -0.05) is 24.3 Å². The lowest BCUT2D eigenvalue weighted by molar-refractivity contribution is -0.385. The highest BCUT2D eigenvalue weighted by Crippen LogP contribution is 2.12. The summed E-state index contributed by atoms with van der Waals surface area (Å²) in [4.78, 5) is 44.2. The molecule has 170 valence electrons. The number of nitro groups is 2. The van der Waals surface area contributed by atoms with E-state index in [1.807, 2.05) is 0 Å². The van der Waals surface area contributed by atoms with Crippen molar-refractivity contribution in [2.24, 2.45) is 10.2 Å². The highest BCUT2D eigenvalue weighted by atomic mass is 16.6. The predicted octanol–water partition coefficient (Wildman–Crippen LogP) is 3.03. The number of nitro benzene ring substituents is 2. The van der Waals surface area contributed by atoms with E-state index < -0.39 is 21.7 Å². The van der Waals surface area contributed by atoms with Crippen LogP contribution in [0, 0.1) is 20.2 Å². The van der Waals surface area contributed by atoms with Crippen LogP contribution in [0.5, 0.6) is 0 Å². The van der Waals surface area contributed by atoms with E-state index in [-0.39, 0.29) is 22.5 Å². The van der Waals surface area contributed by atoms with Crippen LogP contribution in [0.3, 0.4) is 0 Å². The van der Waals surface area contributed by atoms with Crippen molar-refractivity contribution in [3.8, 4) is 0 Å². The summed E-state index contributed by atoms with van der Waals surface area (Å²) in [5.74, 6) is -1.03. The lowest BCUT2D eigenvalue weighted by atomic mass is 10.2. The average molecular weight is 460 g/mol. The highest BCUT2D eigenvalue weighted by Gasteiger charge is 2.09. The molecule has 34 heavy (non-hydrogen) atoms. The molecule has 0 saturated carbocycles. The Morgan fingerprint density at radius 3 is 1.24 bits per heavy atom. The molecule has 2 N–H and O–H groups in total. The van der Waals surface area contributed by atoms with E-state index in [9.17, 15) is 29.8 Å². The third-order valence-corrected chi connectivity index (χ3v) is 4.38. The molecule has 0 atom stereocenters. The van der Waals surface area contributed by atoms with E-state index in [1.165, 1.54) is 61.0 Å². The van der Waals surface area contributed by atoms with Crippen LogP contribution in [-0.2, 0) is 0 Å². The molecule has 12 nitrogen and oxygen atoms in total. The maximum absolute atomic E-state index is 12.0. The van der Waals surface area contributed by atoms with Crippen LogP contribution in [0.2, 0.25) is 0 Å². The van der Waals surface area contributed by atoms with Gasteiger partial charge in [0.05, 0.1) is 22.3 Å². The first-order valence-corrected chi connectivity index (χ1v) is 9.59. The number of carbonyl (C=O) groups excluding carboxylic acids is 2. The minimum atomic E-state index is -0.554. The fraction of sp³-hybridized carbons (Fsp3) is 0. The summed E-state index contributed by atoms with van der Waals surface area (Å²) in [6.07, 6.45) is 2.83. The SMILES string of the molecule is O=C(N/N=C/c1ccc(/C=N/NC(=O)c2ccc([N+](=O)[O-])cc2)cc1)c1ccc([N+](=O)[O-])cc1. The van der Waals surface area contributed by atoms with Crippen molar-refractivity contribution in [2.75, 3.05) is 0 Å². The Morgan fingerprint density at radius 2 is 0.941 bits per heavy atom. The van der Waals surface area contributed by atoms with Crippen LogP contribution >= 0.6 is 0 Å². The Hall–Kier alpha value is -5.26. The van der Waals surface area contributed by atoms with Gasteiger partial charge in [0.15, 0.2) is 0 Å². The fourth-order valence-corrected chi connectivity index (χ4v) is 2.60. The first-order valence-electron chi connectivity index (χ1n) is 9.59. The maximum atomic E-state index is 12.0. The molecule has 0 aliphatic rings. The van der Waals surface area contributed by atoms with Crippen LogP contribution in [0.4, 0.5) is 11.4 Å². The average Bonchev–Trinajstić information content (AvgIpc) is 2.85. The number of rotatable bonds is 8. The first-order chi connectivity index (χ1) is 16.3. The van der Waals surface area contributed by atoms with Crippen molar-refractivity contribution >= 4 is 35.6 Å². The molecular formula is C22H16N6O6. The Labute approximate surface area is 191 Å². The molecule has 3 aromatic rings. The van der Waals surface area contributed by atoms with Gasteiger partial charge in [-0.05, 0) is 35.4 Å². The predicted molar refractivity (Wildman–Crippen MR) is 123 cm³/mol. The standard InChI is InChI=1S/C22H16N6O6/c29-21(17-5-9-19(10-6-17)27(31)32)25-23-13-15-1-2-16(4-3-15)14-24-26-22(30)18-7-11-20(12-8-18)28(33)34/h1-14H,(H,25,29)(H,26,30)/b23-13+,24-14+. The van der Waals surface area contributed by atoms with E-state index >= 15 is 0 Å². The molecule has 0 saturated heterocycles. The smallest absolute Gasteiger partial charge is 0.267 e. The number of amides is 2. The quantitative estimate of drug-likeness (QED) is 0.297. The number of hydrazone groups is 2. The fourth-order valence-electron chi connectivity index (χ4n) is 2.60. The molecule has 0 aliphatic heterocycles. The number of non-ortho nitro benzene ring substituents is 2. The normalized spacial score (nSPS) is 10.8. The molecule has 0 spiro atoms. The summed E-state index contributed by atoms with van der Waals surface area (Å²) in [6.45, 7) is 0. The monoisotopic (exact) mass is 460 g/mol. The van der Waals surface area contributed by atoms with Crippen molar-refractivity contribution in [3.05, 3.63) is 115 Å². The van der Waals surface area contributed by atoms with Gasteiger partial charge in [-0.15, -0.1) is 0 Å². The van der Waals surface area contributed by atoms with Crippen LogP contribution in [-0.4, -0.2) is 34.1 Å². The van der Waals surface area contributed by atoms with Gasteiger partial charge in [0.25, 0.3) is 23.2 Å². The van der Waals surface area contributed by atoms with Gasteiger partial charge in [0.2, 0.25) is 0 Å². The summed E-state index contributed by atoms with van der Waals surface area (Å²) in [6, 6.07) is 17.1. The van der Waals surface area contributed by atoms with Gasteiger partial charge in [0, 0.05) is 35.4 Å². The van der Waals surface area contributed by atoms with Crippen LogP contribution in [0.1, 0.15) is 31.8 Å². The Bertz CT molecular complexity index is 1170. The summed E-state index contributed by atoms with van der Waals surface area (Å²) in [5, 5.41) is 29.0. The van der Waals surface area contributed by atoms with Gasteiger partial charge in [-0.2, -0.15) is 10.2 Å². The van der Waals surface area contributed by atoms with E-state index in [2.05, 4.69) is 21.1 Å². The topological polar surface area (TPSA) is 169 Å². The molecule has 0 bridgehead atoms. The number of hydrogen-bond acceptors (Lipinski definition) is 8. The van der Waals surface area contributed by atoms with Crippen molar-refractivity contribution in [1.29, 1.82) is 0 Å². The molecular weight excluding hydrogens is 444 g/mol. The Morgan fingerprint density at radius 1 is 0.618 bits per heavy atom. The van der Waals surface area contributed by atoms with Crippen LogP contribution in [0.15, 0.2) is 83.0 Å². The highest BCUT2D eigenvalue weighted by molar-refractivity contribution is 5.96. The molecule has 0 unspecified atom stereocenters. The zero-order valence-corrected chi connectivity index (χ0v) is 17.3. The van der Waals surface area contributed by atoms with Gasteiger partial charge < -0.3 is 0 Å². The van der Waals surface area contributed by atoms with Gasteiger partial charge in [-0.25, -0.2) is 10.9 Å². The van der Waals surface area contributed by atoms with Gasteiger partial charge >= 0.3 is 0 Å². The number of nitrogens with one attached hydrogen (secondary N) is 2. The number of carbonyl (C=O) groups is 2. The summed E-state index contributed by atoms with van der Waals surface area (Å²) in [7, 11) is 0. The summed E-state index contributed by atoms with van der Waals surface area (Å²) >= 11 is 0. The molecule has 0 aliphatic carbocycles. The third kappa shape index (κ3) is 6.37. The van der Waals surface area contributed by atoms with Crippen molar-refractivity contribution in [2.45, 2.75) is 0 Å². The van der Waals surface area contributed by atoms with Crippen molar-refractivity contribution in [1.82, 2.24) is 10.9 Å². The van der Waals surface area contributed by atoms with Crippen molar-refractivity contribution in [3.63, 3.8) is 0 Å². The van der Waals surface area contributed by atoms with Crippen molar-refractivity contribution < 1.29 is 19.4 Å². The second-order valence-electron chi connectivity index (χ2n) is 6.67. The maximum Gasteiger partial charge on any atom is 0.271 e. The van der Waals surface area contributed by atoms with Gasteiger partial charge in [0.1, 0.15) is 0 Å². The van der Waals surface area contributed by atoms with E-state index in [0.29, 0.717) is 11.1 Å². The third-order valence-electron chi connectivity index (χ3n) is 4.38. The van der Waals surface area contributed by atoms with E-state index in [1.54, 1.807) is 24.3 Å². The first kappa shape index (κ1) is 23.4. The lowest BCUT2D eigenvalue weighted by Gasteiger charge is -2.00. The molecule has 0 aromatic heterocycles. The van der Waals surface area contributed by atoms with Gasteiger partial charge in [-0.3, -0.25) is 29.8 Å². The minimum Gasteiger partial charge on any atom is -0.267 e. The zero-order chi connectivity index (χ0) is 24.5. The lowest BCUT2D eigenvalue weighted by Crippen LogP contribution is -2.17. The molecule has 0 radical (unpaired) electrons. The summed E-state index contributed by atoms with van der Waals surface area (Å²) < 4.78 is 0. The number of benzene rings is 3. The van der Waals surface area contributed by atoms with Crippen LogP contribution < -0.4 is 10.9 Å². The minimum absolute atomic E-state index is 0.116. The number of nitrogens with zero attached hydrogens (tertiary/aromatic N) is 4. The second kappa shape index (κ2) is 10.9. The van der Waals surface area contributed by atoms with Crippen LogP contribution in [0.25, 0.3) is 0 Å². The second-order valence-corrected chi connectivity index (χ2v) is 6.67. The Kier molecular flexibility index (Phi) is 7.47. The van der Waals surface area contributed by atoms with E-state index in [4.69, 9.17) is 0 Å². The molecule has 0 fully saturated rings. The Balaban J connectivity index is 1.50. The zero-order valence-electron chi connectivity index (χ0n) is 17.3. The molecule has 3 aromatic carbocycles. The molecule has 12 heteroatoms. The van der Waals surface area contributed by atoms with E-state index in [0.717, 1.165) is 0 Å². The molecule has 2 amide bonds. The molecule has 3 rings (SSSR count). The number of hydrogen-bond donors (Lipinski definition) is 2. The summed E-state index contributed by atoms with van der Waals surface area (Å²) in [5.41, 5.74) is 6.24. The molecule has 0 heterocycles.